The van der Waals surface area contributed by atoms with Crippen LogP contribution in [-0.4, -0.2) is 21.2 Å². The molecule has 0 aliphatic carbocycles. The van der Waals surface area contributed by atoms with E-state index in [9.17, 15) is 13.6 Å². The van der Waals surface area contributed by atoms with E-state index >= 15 is 0 Å². The van der Waals surface area contributed by atoms with Gasteiger partial charge in [-0.25, -0.2) is 18.6 Å². The van der Waals surface area contributed by atoms with Gasteiger partial charge in [0.15, 0.2) is 11.4 Å². The van der Waals surface area contributed by atoms with Gasteiger partial charge in [0.1, 0.15) is 6.26 Å². The molecule has 1 N–H and O–H groups in total. The minimum absolute atomic E-state index is 0.0504. The van der Waals surface area contributed by atoms with E-state index in [4.69, 9.17) is 5.11 Å². The number of rotatable bonds is 3. The maximum absolute atomic E-state index is 12.4. The van der Waals surface area contributed by atoms with Crippen molar-refractivity contribution in [3.63, 3.8) is 0 Å². The zero-order chi connectivity index (χ0) is 11.7. The van der Waals surface area contributed by atoms with Gasteiger partial charge in [0.2, 0.25) is 11.7 Å². The molecule has 2 aromatic rings. The first-order valence-corrected chi connectivity index (χ1v) is 4.02. The van der Waals surface area contributed by atoms with Gasteiger partial charge < -0.3 is 14.0 Å². The van der Waals surface area contributed by atoms with Crippen molar-refractivity contribution in [1.29, 1.82) is 0 Å². The molecule has 8 heteroatoms. The van der Waals surface area contributed by atoms with Crippen molar-refractivity contribution < 1.29 is 27.6 Å². The summed E-state index contributed by atoms with van der Waals surface area (Å²) in [6.45, 7) is 0. The number of carboxylic acids is 1. The number of carboxylic acid groups (broad SMARTS) is 1. The van der Waals surface area contributed by atoms with E-state index in [1.54, 1.807) is 0 Å². The fourth-order valence-electron chi connectivity index (χ4n) is 1.07. The topological polar surface area (TPSA) is 89.4 Å². The summed E-state index contributed by atoms with van der Waals surface area (Å²) in [5.41, 5.74) is -0.875. The smallest absolute Gasteiger partial charge is 0.374 e. The second-order valence-corrected chi connectivity index (χ2v) is 2.72. The van der Waals surface area contributed by atoms with Crippen molar-refractivity contribution in [2.45, 2.75) is 6.43 Å². The molecule has 0 amide bonds. The lowest BCUT2D eigenvalue weighted by Crippen LogP contribution is -1.99. The Morgan fingerprint density at radius 3 is 2.69 bits per heavy atom. The summed E-state index contributed by atoms with van der Waals surface area (Å²) in [5, 5.41) is 12.0. The van der Waals surface area contributed by atoms with Crippen LogP contribution in [0.25, 0.3) is 11.6 Å². The highest BCUT2D eigenvalue weighted by Crippen LogP contribution is 2.27. The van der Waals surface area contributed by atoms with E-state index in [2.05, 4.69) is 19.1 Å². The number of aromatic carboxylic acids is 1. The van der Waals surface area contributed by atoms with Crippen LogP contribution in [0.3, 0.4) is 0 Å². The molecular formula is C8H4F2N2O4. The summed E-state index contributed by atoms with van der Waals surface area (Å²) in [4.78, 5) is 14.0. The first-order valence-electron chi connectivity index (χ1n) is 4.02. The monoisotopic (exact) mass is 230 g/mol. The number of carbonyl (C=O) groups is 1. The quantitative estimate of drug-likeness (QED) is 0.866. The highest BCUT2D eigenvalue weighted by Gasteiger charge is 2.27. The lowest BCUT2D eigenvalue weighted by atomic mass is 10.3. The minimum Gasteiger partial charge on any atom is -0.475 e. The van der Waals surface area contributed by atoms with Crippen molar-refractivity contribution in [2.24, 2.45) is 0 Å². The van der Waals surface area contributed by atoms with Crippen molar-refractivity contribution in [1.82, 2.24) is 10.1 Å². The fraction of sp³-hybridized carbons (Fsp3) is 0.125. The average Bonchev–Trinajstić information content (AvgIpc) is 2.86. The number of halogens is 2. The molecule has 0 spiro atoms. The van der Waals surface area contributed by atoms with Gasteiger partial charge in [-0.05, 0) is 0 Å². The number of oxazole rings is 1. The lowest BCUT2D eigenvalue weighted by molar-refractivity contribution is 0.0646. The molecule has 0 aromatic carbocycles. The zero-order valence-corrected chi connectivity index (χ0v) is 7.55. The van der Waals surface area contributed by atoms with Crippen LogP contribution in [0, 0.1) is 0 Å². The molecule has 2 heterocycles. The molecule has 2 aromatic heterocycles. The second-order valence-electron chi connectivity index (χ2n) is 2.72. The molecule has 0 saturated carbocycles. The van der Waals surface area contributed by atoms with Crippen LogP contribution in [0.4, 0.5) is 8.78 Å². The van der Waals surface area contributed by atoms with Gasteiger partial charge in [-0.3, -0.25) is 0 Å². The van der Waals surface area contributed by atoms with Gasteiger partial charge in [0, 0.05) is 6.07 Å². The van der Waals surface area contributed by atoms with Gasteiger partial charge in [-0.15, -0.1) is 0 Å². The predicted molar refractivity (Wildman–Crippen MR) is 43.9 cm³/mol. The lowest BCUT2D eigenvalue weighted by Gasteiger charge is -1.91. The highest BCUT2D eigenvalue weighted by molar-refractivity contribution is 5.86. The third-order valence-corrected chi connectivity index (χ3v) is 1.71. The largest absolute Gasteiger partial charge is 0.475 e. The minimum atomic E-state index is -3.03. The van der Waals surface area contributed by atoms with Crippen LogP contribution in [0.1, 0.15) is 22.7 Å². The molecule has 0 saturated heterocycles. The Morgan fingerprint density at radius 1 is 1.50 bits per heavy atom. The van der Waals surface area contributed by atoms with E-state index in [1.165, 1.54) is 12.3 Å². The van der Waals surface area contributed by atoms with Gasteiger partial charge in [0.25, 0.3) is 6.43 Å². The van der Waals surface area contributed by atoms with E-state index in [-0.39, 0.29) is 11.6 Å². The molecule has 84 valence electrons. The zero-order valence-electron chi connectivity index (χ0n) is 7.55. The second kappa shape index (κ2) is 3.72. The molecule has 0 bridgehead atoms. The first kappa shape index (κ1) is 10.3. The van der Waals surface area contributed by atoms with Crippen molar-refractivity contribution in [3.05, 3.63) is 23.8 Å². The van der Waals surface area contributed by atoms with Gasteiger partial charge >= 0.3 is 5.97 Å². The normalized spacial score (nSPS) is 10.9. The summed E-state index contributed by atoms with van der Waals surface area (Å²) in [6.07, 6.45) is -1.85. The summed E-state index contributed by atoms with van der Waals surface area (Å²) in [5.74, 6) is -2.83. The molecule has 2 rings (SSSR count). The van der Waals surface area contributed by atoms with E-state index in [0.717, 1.165) is 0 Å². The molecule has 0 unspecified atom stereocenters. The number of hydrogen-bond donors (Lipinski definition) is 1. The Labute approximate surface area is 86.5 Å². The fourth-order valence-corrected chi connectivity index (χ4v) is 1.07. The van der Waals surface area contributed by atoms with Gasteiger partial charge in [0.05, 0.1) is 0 Å². The highest BCUT2D eigenvalue weighted by atomic mass is 19.3. The summed E-state index contributed by atoms with van der Waals surface area (Å²) >= 11 is 0. The molecule has 0 atom stereocenters. The molecule has 16 heavy (non-hydrogen) atoms. The molecular weight excluding hydrogens is 226 g/mol. The summed E-state index contributed by atoms with van der Waals surface area (Å²) in [7, 11) is 0. The molecule has 0 radical (unpaired) electrons. The number of aromatic nitrogens is 2. The van der Waals surface area contributed by atoms with E-state index in [0.29, 0.717) is 0 Å². The molecule has 6 nitrogen and oxygen atoms in total. The maximum atomic E-state index is 12.4. The Kier molecular flexibility index (Phi) is 2.39. The van der Waals surface area contributed by atoms with Crippen LogP contribution in [-0.2, 0) is 0 Å². The molecule has 0 aliphatic heterocycles. The molecule has 0 aliphatic rings. The maximum Gasteiger partial charge on any atom is 0.374 e. The van der Waals surface area contributed by atoms with Crippen molar-refractivity contribution >= 4 is 5.97 Å². The summed E-state index contributed by atoms with van der Waals surface area (Å²) in [6, 6.07) is 1.31. The number of nitrogens with zero attached hydrogens (tertiary/aromatic N) is 2. The Balaban J connectivity index is 2.51. The van der Waals surface area contributed by atoms with E-state index in [1.807, 2.05) is 0 Å². The standard InChI is InChI=1S/C8H4F2N2O4/c9-6(10)4-5(8(13)14)16-7(11-4)3-1-2-15-12-3/h1-2,6H,(H,13,14). The number of hydrogen-bond acceptors (Lipinski definition) is 5. The SMILES string of the molecule is O=C(O)c1oc(-c2ccon2)nc1C(F)F. The Morgan fingerprint density at radius 2 is 2.25 bits per heavy atom. The van der Waals surface area contributed by atoms with Gasteiger partial charge in [-0.2, -0.15) is 0 Å². The van der Waals surface area contributed by atoms with Crippen molar-refractivity contribution in [2.75, 3.05) is 0 Å². The van der Waals surface area contributed by atoms with E-state index < -0.39 is 23.8 Å². The van der Waals surface area contributed by atoms with Gasteiger partial charge in [-0.1, -0.05) is 5.16 Å². The number of alkyl halides is 2. The van der Waals surface area contributed by atoms with Crippen LogP contribution in [0.5, 0.6) is 0 Å². The third kappa shape index (κ3) is 1.64. The first-order chi connectivity index (χ1) is 7.59. The Hall–Kier alpha value is -2.25. The van der Waals surface area contributed by atoms with Crippen LogP contribution >= 0.6 is 0 Å². The summed E-state index contributed by atoms with van der Waals surface area (Å²) < 4.78 is 33.9. The van der Waals surface area contributed by atoms with Crippen molar-refractivity contribution in [3.8, 4) is 11.6 Å². The van der Waals surface area contributed by atoms with Crippen LogP contribution in [0.2, 0.25) is 0 Å². The third-order valence-electron chi connectivity index (χ3n) is 1.71. The Bertz CT molecular complexity index is 506. The predicted octanol–water partition coefficient (Wildman–Crippen LogP) is 1.97. The average molecular weight is 230 g/mol. The van der Waals surface area contributed by atoms with Crippen LogP contribution in [0.15, 0.2) is 21.3 Å². The molecule has 0 fully saturated rings. The van der Waals surface area contributed by atoms with Crippen LogP contribution < -0.4 is 0 Å².